The molecule has 4 aromatic rings. The van der Waals surface area contributed by atoms with Crippen LogP contribution >= 0.6 is 0 Å². The van der Waals surface area contributed by atoms with Crippen molar-refractivity contribution in [1.29, 1.82) is 0 Å². The van der Waals surface area contributed by atoms with E-state index in [1.54, 1.807) is 24.3 Å². The molecule has 1 heterocycles. The van der Waals surface area contributed by atoms with Crippen molar-refractivity contribution in [2.75, 3.05) is 4.90 Å². The van der Waals surface area contributed by atoms with Crippen LogP contribution in [0.15, 0.2) is 97.1 Å². The van der Waals surface area contributed by atoms with Gasteiger partial charge in [0.25, 0.3) is 5.91 Å². The number of nitrogens with zero attached hydrogens (tertiary/aromatic N) is 1. The van der Waals surface area contributed by atoms with Crippen molar-refractivity contribution in [3.63, 3.8) is 0 Å². The summed E-state index contributed by atoms with van der Waals surface area (Å²) >= 11 is 0. The number of hydrogen-bond acceptors (Lipinski definition) is 3. The van der Waals surface area contributed by atoms with E-state index in [1.807, 2.05) is 84.6 Å². The van der Waals surface area contributed by atoms with Gasteiger partial charge in [0.2, 0.25) is 0 Å². The quantitative estimate of drug-likeness (QED) is 0.481. The molecule has 4 heteroatoms. The number of amides is 1. The minimum absolute atomic E-state index is 0.0950. The van der Waals surface area contributed by atoms with Gasteiger partial charge in [-0.25, -0.2) is 0 Å². The summed E-state index contributed by atoms with van der Waals surface area (Å²) in [7, 11) is 0. The SMILES string of the molecule is Cc1cccc(N2C(=O)c3ccccc3C2(c2ccc(O)cc2)c2ccc(O)cc2)c1. The number of aryl methyl sites for hydroxylation is 1. The number of fused-ring (bicyclic) bond motifs is 1. The first kappa shape index (κ1) is 18.9. The first-order valence-corrected chi connectivity index (χ1v) is 10.1. The fourth-order valence-electron chi connectivity index (χ4n) is 4.60. The molecular weight excluding hydrogens is 386 g/mol. The van der Waals surface area contributed by atoms with Crippen molar-refractivity contribution in [3.05, 3.63) is 125 Å². The first-order chi connectivity index (χ1) is 15.0. The van der Waals surface area contributed by atoms with Gasteiger partial charge in [0.1, 0.15) is 17.0 Å². The minimum atomic E-state index is -0.955. The van der Waals surface area contributed by atoms with Gasteiger partial charge in [0, 0.05) is 11.3 Å². The fraction of sp³-hybridized carbons (Fsp3) is 0.0741. The Morgan fingerprint density at radius 3 is 1.87 bits per heavy atom. The topological polar surface area (TPSA) is 60.8 Å². The number of phenols is 2. The van der Waals surface area contributed by atoms with Gasteiger partial charge in [-0.3, -0.25) is 9.69 Å². The van der Waals surface area contributed by atoms with E-state index in [0.29, 0.717) is 5.56 Å². The van der Waals surface area contributed by atoms with E-state index in [9.17, 15) is 15.0 Å². The maximum Gasteiger partial charge on any atom is 0.260 e. The summed E-state index contributed by atoms with van der Waals surface area (Å²) in [6, 6.07) is 29.4. The Morgan fingerprint density at radius 2 is 1.29 bits per heavy atom. The Labute approximate surface area is 180 Å². The van der Waals surface area contributed by atoms with Crippen LogP contribution in [-0.4, -0.2) is 16.1 Å². The zero-order chi connectivity index (χ0) is 21.6. The Hall–Kier alpha value is -4.05. The van der Waals surface area contributed by atoms with Crippen molar-refractivity contribution >= 4 is 11.6 Å². The molecule has 4 nitrogen and oxygen atoms in total. The Kier molecular flexibility index (Phi) is 4.29. The molecule has 1 amide bonds. The van der Waals surface area contributed by atoms with Crippen molar-refractivity contribution in [2.24, 2.45) is 0 Å². The van der Waals surface area contributed by atoms with Crippen LogP contribution in [0.2, 0.25) is 0 Å². The lowest BCUT2D eigenvalue weighted by atomic mass is 9.76. The highest BCUT2D eigenvalue weighted by Gasteiger charge is 2.52. The standard InChI is InChI=1S/C27H21NO3/c1-18-5-4-6-21(17-18)28-26(31)24-7-2-3-8-25(24)27(28,19-9-13-22(29)14-10-19)20-11-15-23(30)16-12-20/h2-17,29-30H,1H3. The molecule has 1 aliphatic rings. The van der Waals surface area contributed by atoms with Crippen LogP contribution in [-0.2, 0) is 5.54 Å². The summed E-state index contributed by atoms with van der Waals surface area (Å²) < 4.78 is 0. The van der Waals surface area contributed by atoms with E-state index in [4.69, 9.17) is 0 Å². The fourth-order valence-corrected chi connectivity index (χ4v) is 4.60. The molecule has 31 heavy (non-hydrogen) atoms. The number of carbonyl (C=O) groups excluding carboxylic acids is 1. The van der Waals surface area contributed by atoms with E-state index in [2.05, 4.69) is 0 Å². The van der Waals surface area contributed by atoms with Gasteiger partial charge in [-0.2, -0.15) is 0 Å². The van der Waals surface area contributed by atoms with E-state index < -0.39 is 5.54 Å². The molecule has 0 bridgehead atoms. The molecule has 152 valence electrons. The maximum absolute atomic E-state index is 13.8. The predicted octanol–water partition coefficient (Wildman–Crippen LogP) is 5.36. The van der Waals surface area contributed by atoms with Gasteiger partial charge >= 0.3 is 0 Å². The van der Waals surface area contributed by atoms with Gasteiger partial charge < -0.3 is 10.2 Å². The molecule has 0 radical (unpaired) electrons. The van der Waals surface area contributed by atoms with Crippen molar-refractivity contribution in [1.82, 2.24) is 0 Å². The van der Waals surface area contributed by atoms with Crippen LogP contribution in [0.25, 0.3) is 0 Å². The Morgan fingerprint density at radius 1 is 0.710 bits per heavy atom. The molecule has 0 fully saturated rings. The van der Waals surface area contributed by atoms with Gasteiger partial charge in [-0.05, 0) is 71.6 Å². The summed E-state index contributed by atoms with van der Waals surface area (Å²) in [4.78, 5) is 15.7. The monoisotopic (exact) mass is 407 g/mol. The molecule has 5 rings (SSSR count). The molecule has 0 saturated carbocycles. The molecular formula is C27H21NO3. The zero-order valence-electron chi connectivity index (χ0n) is 17.0. The predicted molar refractivity (Wildman–Crippen MR) is 121 cm³/mol. The normalized spacial score (nSPS) is 14.5. The lowest BCUT2D eigenvalue weighted by Crippen LogP contribution is -2.46. The maximum atomic E-state index is 13.8. The van der Waals surface area contributed by atoms with Crippen LogP contribution in [0.3, 0.4) is 0 Å². The summed E-state index contributed by atoms with van der Waals surface area (Å²) in [5.74, 6) is 0.219. The smallest absolute Gasteiger partial charge is 0.260 e. The number of hydrogen-bond donors (Lipinski definition) is 2. The van der Waals surface area contributed by atoms with E-state index in [0.717, 1.165) is 27.9 Å². The summed E-state index contributed by atoms with van der Waals surface area (Å²) in [5.41, 5.74) is 4.05. The van der Waals surface area contributed by atoms with Crippen LogP contribution in [0.4, 0.5) is 5.69 Å². The lowest BCUT2D eigenvalue weighted by Gasteiger charge is -2.40. The van der Waals surface area contributed by atoms with Crippen LogP contribution < -0.4 is 4.90 Å². The molecule has 0 unspecified atom stereocenters. The van der Waals surface area contributed by atoms with Gasteiger partial charge in [-0.15, -0.1) is 0 Å². The average Bonchev–Trinajstić information content (AvgIpc) is 3.04. The Balaban J connectivity index is 1.92. The second kappa shape index (κ2) is 7.03. The van der Waals surface area contributed by atoms with Crippen molar-refractivity contribution in [2.45, 2.75) is 12.5 Å². The van der Waals surface area contributed by atoms with Gasteiger partial charge in [-0.1, -0.05) is 54.6 Å². The third-order valence-electron chi connectivity index (χ3n) is 5.92. The first-order valence-electron chi connectivity index (χ1n) is 10.1. The van der Waals surface area contributed by atoms with Crippen LogP contribution in [0, 0.1) is 6.92 Å². The number of rotatable bonds is 3. The third kappa shape index (κ3) is 2.80. The highest BCUT2D eigenvalue weighted by molar-refractivity contribution is 6.13. The van der Waals surface area contributed by atoms with Crippen molar-refractivity contribution in [3.8, 4) is 11.5 Å². The summed E-state index contributed by atoms with van der Waals surface area (Å²) in [5, 5.41) is 19.9. The molecule has 4 aromatic carbocycles. The number of benzene rings is 4. The zero-order valence-corrected chi connectivity index (χ0v) is 17.0. The highest BCUT2D eigenvalue weighted by atomic mass is 16.3. The van der Waals surface area contributed by atoms with Crippen molar-refractivity contribution < 1.29 is 15.0 Å². The molecule has 0 aliphatic carbocycles. The molecule has 2 N–H and O–H groups in total. The van der Waals surface area contributed by atoms with E-state index in [1.165, 1.54) is 0 Å². The second-order valence-electron chi connectivity index (χ2n) is 7.83. The molecule has 0 atom stereocenters. The van der Waals surface area contributed by atoms with Gasteiger partial charge in [0.15, 0.2) is 0 Å². The highest BCUT2D eigenvalue weighted by Crippen LogP contribution is 2.51. The molecule has 0 saturated heterocycles. The van der Waals surface area contributed by atoms with Crippen LogP contribution in [0.1, 0.15) is 32.6 Å². The third-order valence-corrected chi connectivity index (χ3v) is 5.92. The van der Waals surface area contributed by atoms with Crippen LogP contribution in [0.5, 0.6) is 11.5 Å². The minimum Gasteiger partial charge on any atom is -0.508 e. The largest absolute Gasteiger partial charge is 0.508 e. The molecule has 0 spiro atoms. The summed E-state index contributed by atoms with van der Waals surface area (Å²) in [6.45, 7) is 2.00. The van der Waals surface area contributed by atoms with E-state index in [-0.39, 0.29) is 17.4 Å². The van der Waals surface area contributed by atoms with E-state index >= 15 is 0 Å². The summed E-state index contributed by atoms with van der Waals surface area (Å²) in [6.07, 6.45) is 0. The average molecular weight is 407 g/mol. The van der Waals surface area contributed by atoms with Gasteiger partial charge in [0.05, 0.1) is 0 Å². The lowest BCUT2D eigenvalue weighted by molar-refractivity contribution is 0.0986. The number of carbonyl (C=O) groups is 1. The second-order valence-corrected chi connectivity index (χ2v) is 7.83. The number of aromatic hydroxyl groups is 2. The molecule has 1 aliphatic heterocycles. The number of anilines is 1. The molecule has 0 aromatic heterocycles. The number of phenolic OH excluding ortho intramolecular Hbond substituents is 2. The Bertz CT molecular complexity index is 1230.